The Morgan fingerprint density at radius 2 is 2.00 bits per heavy atom. The summed E-state index contributed by atoms with van der Waals surface area (Å²) in [6, 6.07) is 9.83. The first-order chi connectivity index (χ1) is 9.20. The van der Waals surface area contributed by atoms with Crippen molar-refractivity contribution in [3.63, 3.8) is 0 Å². The van der Waals surface area contributed by atoms with Crippen LogP contribution in [0.25, 0.3) is 0 Å². The van der Waals surface area contributed by atoms with Crippen molar-refractivity contribution in [2.75, 3.05) is 24.7 Å². The van der Waals surface area contributed by atoms with Crippen LogP contribution in [0.15, 0.2) is 30.3 Å². The number of thiol groups is 1. The molecule has 1 N–H and O–H groups in total. The summed E-state index contributed by atoms with van der Waals surface area (Å²) in [4.78, 5) is 11.0. The Kier molecular flexibility index (Phi) is 5.45. The van der Waals surface area contributed by atoms with Gasteiger partial charge in [-0.05, 0) is 36.5 Å². The monoisotopic (exact) mass is 297 g/mol. The zero-order valence-corrected chi connectivity index (χ0v) is 12.5. The van der Waals surface area contributed by atoms with E-state index in [0.29, 0.717) is 13.2 Å². The highest BCUT2D eigenvalue weighted by Gasteiger charge is 2.33. The average molecular weight is 297 g/mol. The summed E-state index contributed by atoms with van der Waals surface area (Å²) in [5.41, 5.74) is 0.0412. The lowest BCUT2D eigenvalue weighted by Crippen LogP contribution is -2.42. The van der Waals surface area contributed by atoms with E-state index in [-0.39, 0.29) is 10.7 Å². The van der Waals surface area contributed by atoms with Crippen molar-refractivity contribution in [2.45, 2.75) is 12.8 Å². The number of amides is 1. The van der Waals surface area contributed by atoms with E-state index in [0.717, 1.165) is 30.1 Å². The van der Waals surface area contributed by atoms with Crippen molar-refractivity contribution < 1.29 is 9.53 Å². The normalized spacial score (nSPS) is 17.7. The number of hydrogen-bond acceptors (Lipinski definition) is 3. The van der Waals surface area contributed by atoms with Crippen molar-refractivity contribution in [1.82, 2.24) is 5.32 Å². The molecule has 0 atom stereocenters. The van der Waals surface area contributed by atoms with Crippen LogP contribution in [-0.2, 0) is 0 Å². The molecule has 3 nitrogen and oxygen atoms in total. The van der Waals surface area contributed by atoms with Crippen LogP contribution in [0.4, 0.5) is 4.79 Å². The second-order valence-corrected chi connectivity index (χ2v) is 6.50. The third-order valence-corrected chi connectivity index (χ3v) is 4.60. The van der Waals surface area contributed by atoms with Crippen LogP contribution in [-0.4, -0.2) is 29.9 Å². The lowest BCUT2D eigenvalue weighted by atomic mass is 9.82. The fourth-order valence-corrected chi connectivity index (χ4v) is 3.63. The quantitative estimate of drug-likeness (QED) is 0.820. The van der Waals surface area contributed by atoms with Crippen molar-refractivity contribution in [1.29, 1.82) is 0 Å². The highest BCUT2D eigenvalue weighted by atomic mass is 32.2. The predicted octanol–water partition coefficient (Wildman–Crippen LogP) is 3.22. The molecule has 1 aromatic carbocycles. The standard InChI is InChI=1S/C14H19NO2S2/c16-13(18)15-10-14(6-8-19-9-7-14)11-17-12-4-2-1-3-5-12/h1-5H,6-11H2,(H2,15,16,18). The van der Waals surface area contributed by atoms with Crippen LogP contribution in [0.3, 0.4) is 0 Å². The number of benzene rings is 1. The van der Waals surface area contributed by atoms with Gasteiger partial charge in [-0.3, -0.25) is 4.79 Å². The van der Waals surface area contributed by atoms with Crippen molar-refractivity contribution in [3.05, 3.63) is 30.3 Å². The van der Waals surface area contributed by atoms with Gasteiger partial charge >= 0.3 is 0 Å². The third kappa shape index (κ3) is 4.66. The van der Waals surface area contributed by atoms with Gasteiger partial charge < -0.3 is 10.1 Å². The smallest absolute Gasteiger partial charge is 0.275 e. The van der Waals surface area contributed by atoms with Gasteiger partial charge in [-0.15, -0.1) is 0 Å². The largest absolute Gasteiger partial charge is 0.493 e. The molecule has 104 valence electrons. The Labute approximate surface area is 123 Å². The molecule has 0 aromatic heterocycles. The van der Waals surface area contributed by atoms with E-state index in [9.17, 15) is 4.79 Å². The van der Waals surface area contributed by atoms with E-state index in [1.54, 1.807) is 0 Å². The van der Waals surface area contributed by atoms with Crippen LogP contribution in [0, 0.1) is 5.41 Å². The Morgan fingerprint density at radius 1 is 1.32 bits per heavy atom. The molecule has 1 aliphatic rings. The number of thioether (sulfide) groups is 1. The molecular formula is C14H19NO2S2. The summed E-state index contributed by atoms with van der Waals surface area (Å²) < 4.78 is 5.90. The zero-order chi connectivity index (χ0) is 13.6. The molecule has 0 unspecified atom stereocenters. The van der Waals surface area contributed by atoms with Gasteiger partial charge in [0.25, 0.3) is 5.24 Å². The number of carbonyl (C=O) groups is 1. The molecule has 1 aliphatic heterocycles. The first-order valence-corrected chi connectivity index (χ1v) is 8.03. The van der Waals surface area contributed by atoms with E-state index in [2.05, 4.69) is 17.9 Å². The number of hydrogen-bond donors (Lipinski definition) is 2. The Morgan fingerprint density at radius 3 is 2.63 bits per heavy atom. The van der Waals surface area contributed by atoms with Crippen LogP contribution in [0.2, 0.25) is 0 Å². The molecule has 0 radical (unpaired) electrons. The second-order valence-electron chi connectivity index (χ2n) is 4.87. The molecule has 1 amide bonds. The summed E-state index contributed by atoms with van der Waals surface area (Å²) in [5.74, 6) is 3.14. The van der Waals surface area contributed by atoms with Gasteiger partial charge in [0.05, 0.1) is 6.61 Å². The van der Waals surface area contributed by atoms with Gasteiger partial charge in [0.2, 0.25) is 0 Å². The van der Waals surface area contributed by atoms with Crippen LogP contribution < -0.4 is 10.1 Å². The van der Waals surface area contributed by atoms with E-state index >= 15 is 0 Å². The number of carbonyl (C=O) groups excluding carboxylic acids is 1. The zero-order valence-electron chi connectivity index (χ0n) is 10.8. The minimum absolute atomic E-state index is 0.0412. The lowest BCUT2D eigenvalue weighted by Gasteiger charge is -2.36. The lowest BCUT2D eigenvalue weighted by molar-refractivity contribution is 0.132. The molecule has 1 heterocycles. The van der Waals surface area contributed by atoms with Gasteiger partial charge in [-0.2, -0.15) is 11.8 Å². The van der Waals surface area contributed by atoms with Crippen molar-refractivity contribution in [2.24, 2.45) is 5.41 Å². The molecular weight excluding hydrogens is 278 g/mol. The molecule has 1 aromatic rings. The number of para-hydroxylation sites is 1. The molecule has 0 bridgehead atoms. The summed E-state index contributed by atoms with van der Waals surface area (Å²) in [6.07, 6.45) is 2.14. The number of nitrogens with one attached hydrogen (secondary N) is 1. The van der Waals surface area contributed by atoms with Gasteiger partial charge in [0.1, 0.15) is 5.75 Å². The van der Waals surface area contributed by atoms with Gasteiger partial charge in [0.15, 0.2) is 0 Å². The maximum Gasteiger partial charge on any atom is 0.275 e. The molecule has 5 heteroatoms. The predicted molar refractivity (Wildman–Crippen MR) is 83.3 cm³/mol. The first kappa shape index (κ1) is 14.6. The second kappa shape index (κ2) is 7.10. The number of ether oxygens (including phenoxy) is 1. The summed E-state index contributed by atoms with van der Waals surface area (Å²) in [6.45, 7) is 1.29. The Bertz CT molecular complexity index is 405. The fraction of sp³-hybridized carbons (Fsp3) is 0.500. The van der Waals surface area contributed by atoms with Crippen LogP contribution >= 0.6 is 24.4 Å². The van der Waals surface area contributed by atoms with Gasteiger partial charge in [0, 0.05) is 12.0 Å². The molecule has 1 fully saturated rings. The first-order valence-electron chi connectivity index (χ1n) is 6.43. The summed E-state index contributed by atoms with van der Waals surface area (Å²) in [7, 11) is 0. The van der Waals surface area contributed by atoms with Crippen molar-refractivity contribution in [3.8, 4) is 5.75 Å². The molecule has 0 spiro atoms. The molecule has 2 rings (SSSR count). The minimum Gasteiger partial charge on any atom is -0.493 e. The summed E-state index contributed by atoms with van der Waals surface area (Å²) in [5, 5.41) is 2.56. The van der Waals surface area contributed by atoms with E-state index < -0.39 is 0 Å². The van der Waals surface area contributed by atoms with E-state index in [1.807, 2.05) is 42.1 Å². The molecule has 0 aliphatic carbocycles. The third-order valence-electron chi connectivity index (χ3n) is 3.46. The highest BCUT2D eigenvalue weighted by molar-refractivity contribution is 7.99. The number of rotatable bonds is 5. The molecule has 19 heavy (non-hydrogen) atoms. The summed E-state index contributed by atoms with van der Waals surface area (Å²) >= 11 is 5.74. The topological polar surface area (TPSA) is 38.3 Å². The molecule has 1 saturated heterocycles. The SMILES string of the molecule is O=C(S)NCC1(COc2ccccc2)CCSCC1. The van der Waals surface area contributed by atoms with Crippen LogP contribution in [0.5, 0.6) is 5.75 Å². The maximum absolute atomic E-state index is 11.0. The van der Waals surface area contributed by atoms with Gasteiger partial charge in [-0.1, -0.05) is 30.8 Å². The Balaban J connectivity index is 1.95. The van der Waals surface area contributed by atoms with Crippen molar-refractivity contribution >= 4 is 29.6 Å². The Hall–Kier alpha value is -0.810. The van der Waals surface area contributed by atoms with Gasteiger partial charge in [-0.25, -0.2) is 0 Å². The highest BCUT2D eigenvalue weighted by Crippen LogP contribution is 2.35. The average Bonchev–Trinajstić information content (AvgIpc) is 2.45. The maximum atomic E-state index is 11.0. The molecule has 0 saturated carbocycles. The fourth-order valence-electron chi connectivity index (χ4n) is 2.19. The van der Waals surface area contributed by atoms with E-state index in [4.69, 9.17) is 4.74 Å². The minimum atomic E-state index is -0.266. The van der Waals surface area contributed by atoms with E-state index in [1.165, 1.54) is 0 Å². The van der Waals surface area contributed by atoms with Crippen LogP contribution in [0.1, 0.15) is 12.8 Å².